The fourth-order valence-electron chi connectivity index (χ4n) is 3.04. The fraction of sp³-hybridized carbons (Fsp3) is 0.533. The predicted molar refractivity (Wildman–Crippen MR) is 67.0 cm³/mol. The van der Waals surface area contributed by atoms with Gasteiger partial charge in [-0.05, 0) is 38.7 Å². The first kappa shape index (κ1) is 13.1. The highest BCUT2D eigenvalue weighted by atomic mass is 16.5. The molecular weight excluding hydrogens is 228 g/mol. The van der Waals surface area contributed by atoms with Crippen molar-refractivity contribution in [2.45, 2.75) is 44.1 Å². The van der Waals surface area contributed by atoms with E-state index in [1.54, 1.807) is 0 Å². The van der Waals surface area contributed by atoms with Gasteiger partial charge in [0.05, 0.1) is 5.60 Å². The molecule has 1 heterocycles. The lowest BCUT2D eigenvalue weighted by molar-refractivity contribution is -0.308. The van der Waals surface area contributed by atoms with E-state index in [-0.39, 0.29) is 17.4 Å². The summed E-state index contributed by atoms with van der Waals surface area (Å²) in [5.41, 5.74) is 0.427. The Morgan fingerprint density at radius 1 is 1.33 bits per heavy atom. The fourth-order valence-corrected chi connectivity index (χ4v) is 3.04. The minimum absolute atomic E-state index is 0.0593. The molecule has 1 aromatic rings. The topological polar surface area (TPSA) is 49.4 Å². The van der Waals surface area contributed by atoms with Gasteiger partial charge in [0.25, 0.3) is 0 Å². The van der Waals surface area contributed by atoms with Gasteiger partial charge >= 0.3 is 0 Å². The summed E-state index contributed by atoms with van der Waals surface area (Å²) < 4.78 is 5.71. The van der Waals surface area contributed by atoms with Crippen molar-refractivity contribution in [2.24, 2.45) is 0 Å². The van der Waals surface area contributed by atoms with Crippen molar-refractivity contribution >= 4 is 5.97 Å². The molecule has 2 rings (SSSR count). The summed E-state index contributed by atoms with van der Waals surface area (Å²) in [4.78, 5) is 11.1. The lowest BCUT2D eigenvalue weighted by atomic mass is 9.67. The minimum Gasteiger partial charge on any atom is -0.550 e. The molecule has 3 heteroatoms. The van der Waals surface area contributed by atoms with E-state index >= 15 is 0 Å². The van der Waals surface area contributed by atoms with Crippen molar-refractivity contribution in [2.75, 3.05) is 6.61 Å². The predicted octanol–water partition coefficient (Wildman–Crippen LogP) is 1.65. The third-order valence-electron chi connectivity index (χ3n) is 3.71. The Morgan fingerprint density at radius 3 is 2.56 bits per heavy atom. The largest absolute Gasteiger partial charge is 0.550 e. The molecule has 18 heavy (non-hydrogen) atoms. The lowest BCUT2D eigenvalue weighted by Crippen LogP contribution is -2.46. The first-order valence-corrected chi connectivity index (χ1v) is 6.33. The molecular formula is C15H19O3-. The number of hydrogen-bond donors (Lipinski definition) is 0. The van der Waals surface area contributed by atoms with E-state index < -0.39 is 5.97 Å². The highest BCUT2D eigenvalue weighted by Crippen LogP contribution is 2.43. The summed E-state index contributed by atoms with van der Waals surface area (Å²) in [7, 11) is 0. The highest BCUT2D eigenvalue weighted by molar-refractivity contribution is 5.67. The van der Waals surface area contributed by atoms with Gasteiger partial charge in [0.2, 0.25) is 0 Å². The summed E-state index contributed by atoms with van der Waals surface area (Å²) in [5, 5.41) is 11.1. The van der Waals surface area contributed by atoms with Crippen LogP contribution in [0.5, 0.6) is 0 Å². The van der Waals surface area contributed by atoms with Crippen molar-refractivity contribution < 1.29 is 14.6 Å². The van der Waals surface area contributed by atoms with Crippen LogP contribution in [0.3, 0.4) is 0 Å². The third-order valence-corrected chi connectivity index (χ3v) is 3.71. The molecule has 0 unspecified atom stereocenters. The number of benzene rings is 1. The van der Waals surface area contributed by atoms with Crippen LogP contribution in [0.25, 0.3) is 0 Å². The summed E-state index contributed by atoms with van der Waals surface area (Å²) in [5.74, 6) is -0.989. The molecule has 0 aliphatic carbocycles. The van der Waals surface area contributed by atoms with E-state index in [1.165, 1.54) is 0 Å². The van der Waals surface area contributed by atoms with Crippen LogP contribution < -0.4 is 5.11 Å². The molecule has 0 saturated carbocycles. The SMILES string of the molecule is CC1(C)C[C@@](CC(=O)[O-])(c2ccccc2)CCO1. The summed E-state index contributed by atoms with van der Waals surface area (Å²) in [6.45, 7) is 4.62. The van der Waals surface area contributed by atoms with Crippen LogP contribution in [0, 0.1) is 0 Å². The molecule has 1 aromatic carbocycles. The van der Waals surface area contributed by atoms with Crippen molar-refractivity contribution in [3.8, 4) is 0 Å². The molecule has 1 aliphatic heterocycles. The van der Waals surface area contributed by atoms with E-state index in [0.29, 0.717) is 13.0 Å². The number of ether oxygens (including phenoxy) is 1. The molecule has 1 fully saturated rings. The first-order valence-electron chi connectivity index (χ1n) is 6.33. The van der Waals surface area contributed by atoms with Crippen LogP contribution >= 0.6 is 0 Å². The molecule has 0 amide bonds. The van der Waals surface area contributed by atoms with E-state index in [4.69, 9.17) is 4.74 Å². The third kappa shape index (κ3) is 2.72. The van der Waals surface area contributed by atoms with Crippen LogP contribution in [0.2, 0.25) is 0 Å². The Balaban J connectivity index is 2.38. The Morgan fingerprint density at radius 2 is 2.00 bits per heavy atom. The molecule has 1 saturated heterocycles. The van der Waals surface area contributed by atoms with Gasteiger partial charge in [-0.15, -0.1) is 0 Å². The number of aliphatic carboxylic acids is 1. The van der Waals surface area contributed by atoms with E-state index in [2.05, 4.69) is 0 Å². The number of carbonyl (C=O) groups is 1. The van der Waals surface area contributed by atoms with Gasteiger partial charge in [-0.2, -0.15) is 0 Å². The number of hydrogen-bond acceptors (Lipinski definition) is 3. The van der Waals surface area contributed by atoms with Crippen molar-refractivity contribution in [3.63, 3.8) is 0 Å². The second kappa shape index (κ2) is 4.73. The standard InChI is InChI=1S/C15H20O3/c1-14(2)11-15(8-9-18-14,10-13(16)17)12-6-4-3-5-7-12/h3-7H,8-11H2,1-2H3,(H,16,17)/p-1/t15-/m1/s1. The maximum absolute atomic E-state index is 11.1. The molecule has 1 atom stereocenters. The van der Waals surface area contributed by atoms with Crippen LogP contribution in [0.1, 0.15) is 38.7 Å². The molecule has 0 aromatic heterocycles. The molecule has 1 aliphatic rings. The van der Waals surface area contributed by atoms with Crippen LogP contribution in [0.4, 0.5) is 0 Å². The number of carbonyl (C=O) groups excluding carboxylic acids is 1. The summed E-state index contributed by atoms with van der Waals surface area (Å²) in [6, 6.07) is 9.86. The Labute approximate surface area is 108 Å². The van der Waals surface area contributed by atoms with E-state index in [1.807, 2.05) is 44.2 Å². The number of carboxylic acid groups (broad SMARTS) is 1. The summed E-state index contributed by atoms with van der Waals surface area (Å²) >= 11 is 0. The van der Waals surface area contributed by atoms with Gasteiger partial charge in [-0.3, -0.25) is 0 Å². The van der Waals surface area contributed by atoms with Crippen LogP contribution in [0.15, 0.2) is 30.3 Å². The normalized spacial score (nSPS) is 26.8. The summed E-state index contributed by atoms with van der Waals surface area (Å²) in [6.07, 6.45) is 1.50. The zero-order valence-corrected chi connectivity index (χ0v) is 10.9. The maximum Gasteiger partial charge on any atom is 0.0635 e. The quantitative estimate of drug-likeness (QED) is 0.816. The first-order chi connectivity index (χ1) is 8.44. The number of rotatable bonds is 3. The molecule has 0 spiro atoms. The average Bonchev–Trinajstić information content (AvgIpc) is 2.28. The van der Waals surface area contributed by atoms with Crippen LogP contribution in [-0.4, -0.2) is 18.2 Å². The van der Waals surface area contributed by atoms with Crippen LogP contribution in [-0.2, 0) is 14.9 Å². The maximum atomic E-state index is 11.1. The Kier molecular flexibility index (Phi) is 3.44. The minimum atomic E-state index is -0.989. The van der Waals surface area contributed by atoms with Gasteiger partial charge < -0.3 is 14.6 Å². The molecule has 98 valence electrons. The zero-order chi connectivity index (χ0) is 13.2. The molecule has 3 nitrogen and oxygen atoms in total. The zero-order valence-electron chi connectivity index (χ0n) is 10.9. The molecule has 0 N–H and O–H groups in total. The van der Waals surface area contributed by atoms with Gasteiger partial charge in [0, 0.05) is 18.0 Å². The van der Waals surface area contributed by atoms with Crippen molar-refractivity contribution in [3.05, 3.63) is 35.9 Å². The van der Waals surface area contributed by atoms with E-state index in [9.17, 15) is 9.90 Å². The molecule has 0 bridgehead atoms. The van der Waals surface area contributed by atoms with Crippen molar-refractivity contribution in [1.82, 2.24) is 0 Å². The van der Waals surface area contributed by atoms with E-state index in [0.717, 1.165) is 12.0 Å². The van der Waals surface area contributed by atoms with Crippen molar-refractivity contribution in [1.29, 1.82) is 0 Å². The number of carboxylic acids is 1. The Hall–Kier alpha value is -1.35. The van der Waals surface area contributed by atoms with Gasteiger partial charge in [-0.1, -0.05) is 30.3 Å². The average molecular weight is 247 g/mol. The molecule has 0 radical (unpaired) electrons. The lowest BCUT2D eigenvalue weighted by Gasteiger charge is -2.45. The highest BCUT2D eigenvalue weighted by Gasteiger charge is 2.41. The smallest absolute Gasteiger partial charge is 0.0635 e. The van der Waals surface area contributed by atoms with Gasteiger partial charge in [-0.25, -0.2) is 0 Å². The van der Waals surface area contributed by atoms with Gasteiger partial charge in [0.1, 0.15) is 0 Å². The Bertz CT molecular complexity index is 425. The van der Waals surface area contributed by atoms with Gasteiger partial charge in [0.15, 0.2) is 0 Å². The second-order valence-electron chi connectivity index (χ2n) is 5.73. The monoisotopic (exact) mass is 247 g/mol. The second-order valence-corrected chi connectivity index (χ2v) is 5.73.